The van der Waals surface area contributed by atoms with Crippen molar-refractivity contribution in [2.24, 2.45) is 4.99 Å². The molecule has 0 saturated carbocycles. The van der Waals surface area contributed by atoms with E-state index in [9.17, 15) is 0 Å². The molecule has 154 valence electrons. The summed E-state index contributed by atoms with van der Waals surface area (Å²) in [5, 5.41) is 6.46. The highest BCUT2D eigenvalue weighted by atomic mass is 127. The highest BCUT2D eigenvalue weighted by Gasteiger charge is 2.09. The van der Waals surface area contributed by atoms with Gasteiger partial charge < -0.3 is 29.6 Å². The van der Waals surface area contributed by atoms with E-state index < -0.39 is 0 Å². The second kappa shape index (κ2) is 12.2. The average Bonchev–Trinajstić information content (AvgIpc) is 2.70. The number of guanidine groups is 1. The van der Waals surface area contributed by atoms with Crippen LogP contribution >= 0.6 is 24.0 Å². The van der Waals surface area contributed by atoms with Crippen molar-refractivity contribution >= 4 is 35.6 Å². The van der Waals surface area contributed by atoms with Gasteiger partial charge in [0.25, 0.3) is 0 Å². The molecular formula is C20H28IN3O4. The summed E-state index contributed by atoms with van der Waals surface area (Å²) in [7, 11) is 6.55. The zero-order valence-electron chi connectivity index (χ0n) is 16.8. The van der Waals surface area contributed by atoms with Gasteiger partial charge in [0.2, 0.25) is 0 Å². The van der Waals surface area contributed by atoms with Crippen molar-refractivity contribution in [3.05, 3.63) is 42.5 Å². The minimum Gasteiger partial charge on any atom is -0.497 e. The molecule has 0 aliphatic heterocycles. The first-order valence-electron chi connectivity index (χ1n) is 8.60. The van der Waals surface area contributed by atoms with Crippen LogP contribution in [0.2, 0.25) is 0 Å². The maximum Gasteiger partial charge on any atom is 0.195 e. The number of ether oxygens (including phenoxy) is 4. The summed E-state index contributed by atoms with van der Waals surface area (Å²) in [5.41, 5.74) is 0.835. The molecule has 28 heavy (non-hydrogen) atoms. The Balaban J connectivity index is 0.00000392. The molecule has 2 N–H and O–H groups in total. The molecule has 0 radical (unpaired) electrons. The van der Waals surface area contributed by atoms with Gasteiger partial charge in [-0.05, 0) is 31.2 Å². The smallest absolute Gasteiger partial charge is 0.195 e. The third-order valence-electron chi connectivity index (χ3n) is 3.81. The van der Waals surface area contributed by atoms with E-state index in [0.717, 1.165) is 17.2 Å². The van der Waals surface area contributed by atoms with E-state index in [1.165, 1.54) is 0 Å². The van der Waals surface area contributed by atoms with Crippen molar-refractivity contribution in [1.82, 2.24) is 5.32 Å². The van der Waals surface area contributed by atoms with Gasteiger partial charge in [-0.15, -0.1) is 24.0 Å². The lowest BCUT2D eigenvalue weighted by Crippen LogP contribution is -2.37. The monoisotopic (exact) mass is 501 g/mol. The van der Waals surface area contributed by atoms with E-state index in [1.54, 1.807) is 28.4 Å². The molecule has 0 aromatic heterocycles. The van der Waals surface area contributed by atoms with Crippen LogP contribution < -0.4 is 29.6 Å². The molecule has 1 unspecified atom stereocenters. The van der Waals surface area contributed by atoms with Crippen molar-refractivity contribution in [3.63, 3.8) is 0 Å². The van der Waals surface area contributed by atoms with Crippen LogP contribution in [0.25, 0.3) is 0 Å². The maximum absolute atomic E-state index is 5.91. The van der Waals surface area contributed by atoms with Crippen LogP contribution in [0.4, 0.5) is 5.69 Å². The van der Waals surface area contributed by atoms with Gasteiger partial charge in [0.1, 0.15) is 17.6 Å². The molecule has 0 spiro atoms. The number of anilines is 1. The number of nitrogens with zero attached hydrogens (tertiary/aromatic N) is 1. The number of aliphatic imine (C=N–C) groups is 1. The topological polar surface area (TPSA) is 73.3 Å². The molecule has 0 amide bonds. The number of methoxy groups -OCH3 is 3. The second-order valence-corrected chi connectivity index (χ2v) is 5.76. The molecule has 8 heteroatoms. The molecule has 0 aliphatic carbocycles. The summed E-state index contributed by atoms with van der Waals surface area (Å²) in [6.45, 7) is 2.56. The maximum atomic E-state index is 5.91. The van der Waals surface area contributed by atoms with E-state index in [2.05, 4.69) is 15.6 Å². The predicted octanol–water partition coefficient (Wildman–Crippen LogP) is 3.79. The van der Waals surface area contributed by atoms with Crippen LogP contribution in [0.1, 0.15) is 6.92 Å². The Morgan fingerprint density at radius 3 is 2.32 bits per heavy atom. The molecule has 2 aromatic carbocycles. The summed E-state index contributed by atoms with van der Waals surface area (Å²) in [4.78, 5) is 4.23. The molecular weight excluding hydrogens is 473 g/mol. The SMILES string of the molecule is CN=C(NCC(C)Oc1cccc(OC)c1)Nc1ccc(OC)c(OC)c1.I. The van der Waals surface area contributed by atoms with Crippen LogP contribution in [0.3, 0.4) is 0 Å². The molecule has 7 nitrogen and oxygen atoms in total. The number of nitrogens with one attached hydrogen (secondary N) is 2. The van der Waals surface area contributed by atoms with E-state index in [4.69, 9.17) is 18.9 Å². The Bertz CT molecular complexity index is 771. The summed E-state index contributed by atoms with van der Waals surface area (Å²) >= 11 is 0. The van der Waals surface area contributed by atoms with Gasteiger partial charge >= 0.3 is 0 Å². The van der Waals surface area contributed by atoms with Crippen LogP contribution in [0.15, 0.2) is 47.5 Å². The van der Waals surface area contributed by atoms with E-state index in [0.29, 0.717) is 24.0 Å². The number of hydrogen-bond donors (Lipinski definition) is 2. The summed E-state index contributed by atoms with van der Waals surface area (Å²) in [6, 6.07) is 13.1. The van der Waals surface area contributed by atoms with Crippen LogP contribution in [-0.2, 0) is 0 Å². The standard InChI is InChI=1S/C20H27N3O4.HI/c1-14(27-17-8-6-7-16(12-17)24-3)13-22-20(21-2)23-15-9-10-18(25-4)19(11-15)26-5;/h6-12,14H,13H2,1-5H3,(H2,21,22,23);1H. The number of halogens is 1. The van der Waals surface area contributed by atoms with Gasteiger partial charge in [-0.25, -0.2) is 0 Å². The van der Waals surface area contributed by atoms with Gasteiger partial charge in [0, 0.05) is 24.9 Å². The molecule has 0 fully saturated rings. The summed E-state index contributed by atoms with van der Waals surface area (Å²) in [6.07, 6.45) is -0.0685. The fraction of sp³-hybridized carbons (Fsp3) is 0.350. The first-order chi connectivity index (χ1) is 13.1. The normalized spacial score (nSPS) is 11.7. The average molecular weight is 501 g/mol. The van der Waals surface area contributed by atoms with Gasteiger partial charge in [-0.3, -0.25) is 4.99 Å². The summed E-state index contributed by atoms with van der Waals surface area (Å²) < 4.78 is 21.7. The van der Waals surface area contributed by atoms with E-state index >= 15 is 0 Å². The fourth-order valence-electron chi connectivity index (χ4n) is 2.42. The molecule has 0 aliphatic rings. The fourth-order valence-corrected chi connectivity index (χ4v) is 2.42. The van der Waals surface area contributed by atoms with Crippen molar-refractivity contribution in [2.45, 2.75) is 13.0 Å². The Kier molecular flexibility index (Phi) is 10.3. The van der Waals surface area contributed by atoms with E-state index in [-0.39, 0.29) is 30.1 Å². The lowest BCUT2D eigenvalue weighted by atomic mass is 10.2. The first-order valence-corrected chi connectivity index (χ1v) is 8.60. The van der Waals surface area contributed by atoms with Crippen molar-refractivity contribution in [2.75, 3.05) is 40.2 Å². The zero-order chi connectivity index (χ0) is 19.6. The van der Waals surface area contributed by atoms with Gasteiger partial charge in [-0.2, -0.15) is 0 Å². The Morgan fingerprint density at radius 2 is 1.68 bits per heavy atom. The molecule has 0 saturated heterocycles. The molecule has 0 heterocycles. The van der Waals surface area contributed by atoms with Gasteiger partial charge in [-0.1, -0.05) is 6.07 Å². The number of benzene rings is 2. The van der Waals surface area contributed by atoms with Gasteiger partial charge in [0.05, 0.1) is 27.9 Å². The lowest BCUT2D eigenvalue weighted by molar-refractivity contribution is 0.223. The molecule has 1 atom stereocenters. The quantitative estimate of drug-likeness (QED) is 0.326. The predicted molar refractivity (Wildman–Crippen MR) is 123 cm³/mol. The Labute approximate surface area is 183 Å². The van der Waals surface area contributed by atoms with E-state index in [1.807, 2.05) is 49.4 Å². The van der Waals surface area contributed by atoms with Crippen molar-refractivity contribution in [3.8, 4) is 23.0 Å². The second-order valence-electron chi connectivity index (χ2n) is 5.76. The molecule has 2 aromatic rings. The minimum absolute atomic E-state index is 0. The highest BCUT2D eigenvalue weighted by Crippen LogP contribution is 2.29. The molecule has 2 rings (SSSR count). The largest absolute Gasteiger partial charge is 0.497 e. The van der Waals surface area contributed by atoms with Crippen LogP contribution in [0.5, 0.6) is 23.0 Å². The van der Waals surface area contributed by atoms with Gasteiger partial charge in [0.15, 0.2) is 17.5 Å². The van der Waals surface area contributed by atoms with Crippen molar-refractivity contribution < 1.29 is 18.9 Å². The third-order valence-corrected chi connectivity index (χ3v) is 3.81. The van der Waals surface area contributed by atoms with Crippen LogP contribution in [-0.4, -0.2) is 47.0 Å². The lowest BCUT2D eigenvalue weighted by Gasteiger charge is -2.18. The Morgan fingerprint density at radius 1 is 0.964 bits per heavy atom. The molecule has 0 bridgehead atoms. The number of hydrogen-bond acceptors (Lipinski definition) is 5. The number of rotatable bonds is 8. The summed E-state index contributed by atoms with van der Waals surface area (Å²) in [5.74, 6) is 3.47. The first kappa shape index (κ1) is 23.7. The zero-order valence-corrected chi connectivity index (χ0v) is 19.1. The minimum atomic E-state index is -0.0685. The van der Waals surface area contributed by atoms with Crippen LogP contribution in [0, 0.1) is 0 Å². The highest BCUT2D eigenvalue weighted by molar-refractivity contribution is 14.0. The van der Waals surface area contributed by atoms with Crippen molar-refractivity contribution in [1.29, 1.82) is 0 Å². The third kappa shape index (κ3) is 6.99. The Hall–Kier alpha value is -2.36.